The van der Waals surface area contributed by atoms with Gasteiger partial charge in [0.2, 0.25) is 0 Å². The van der Waals surface area contributed by atoms with Gasteiger partial charge in [0, 0.05) is 30.7 Å². The van der Waals surface area contributed by atoms with Crippen LogP contribution in [0.3, 0.4) is 0 Å². The van der Waals surface area contributed by atoms with E-state index in [1.807, 2.05) is 0 Å². The lowest BCUT2D eigenvalue weighted by Crippen LogP contribution is -2.08. The van der Waals surface area contributed by atoms with Crippen molar-refractivity contribution in [3.8, 4) is 0 Å². The lowest BCUT2D eigenvalue weighted by Gasteiger charge is -2.13. The molecule has 0 saturated heterocycles. The maximum Gasteiger partial charge on any atom is 0.0663 e. The fourth-order valence-corrected chi connectivity index (χ4v) is 1.63. The predicted molar refractivity (Wildman–Crippen MR) is 56.2 cm³/mol. The number of hydrogen-bond acceptors (Lipinski definition) is 1. The minimum absolute atomic E-state index is 1.16. The van der Waals surface area contributed by atoms with Crippen molar-refractivity contribution in [1.82, 2.24) is 4.98 Å². The Morgan fingerprint density at radius 1 is 1.31 bits per heavy atom. The molecule has 2 rings (SSSR count). The number of anilines is 1. The first-order chi connectivity index (χ1) is 6.20. The molecule has 0 spiro atoms. The topological polar surface area (TPSA) is 19.0 Å². The molecular weight excluding hydrogens is 160 g/mol. The van der Waals surface area contributed by atoms with E-state index >= 15 is 0 Å². The van der Waals surface area contributed by atoms with Crippen molar-refractivity contribution in [3.63, 3.8) is 0 Å². The average molecular weight is 173 g/mol. The van der Waals surface area contributed by atoms with Gasteiger partial charge in [-0.2, -0.15) is 0 Å². The van der Waals surface area contributed by atoms with Gasteiger partial charge in [0.1, 0.15) is 0 Å². The Bertz CT molecular complexity index is 427. The summed E-state index contributed by atoms with van der Waals surface area (Å²) in [6.45, 7) is 2.08. The summed E-state index contributed by atoms with van der Waals surface area (Å²) in [5, 5.41) is 1.27. The van der Waals surface area contributed by atoms with Crippen LogP contribution in [0.2, 0.25) is 0 Å². The lowest BCUT2D eigenvalue weighted by atomic mass is 10.1. The van der Waals surface area contributed by atoms with Crippen LogP contribution in [-0.4, -0.2) is 19.1 Å². The van der Waals surface area contributed by atoms with E-state index < -0.39 is 0 Å². The van der Waals surface area contributed by atoms with Crippen LogP contribution in [0.1, 0.15) is 5.56 Å². The minimum Gasteiger partial charge on any atom is -0.377 e. The van der Waals surface area contributed by atoms with Crippen LogP contribution < -0.4 is 4.90 Å². The first kappa shape index (κ1) is 8.17. The van der Waals surface area contributed by atoms with Gasteiger partial charge in [-0.15, -0.1) is 0 Å². The van der Waals surface area contributed by atoms with E-state index in [1.54, 1.807) is 0 Å². The summed E-state index contributed by atoms with van der Waals surface area (Å²) in [6, 6.07) is 6.25. The van der Waals surface area contributed by atoms with Crippen molar-refractivity contribution in [1.29, 1.82) is 0 Å². The number of fused-ring (bicyclic) bond motifs is 1. The maximum absolute atomic E-state index is 3.13. The first-order valence-electron chi connectivity index (χ1n) is 4.36. The number of benzene rings is 1. The Kier molecular flexibility index (Phi) is 1.76. The minimum atomic E-state index is 1.16. The van der Waals surface area contributed by atoms with Crippen LogP contribution in [0.5, 0.6) is 0 Å². The number of H-pyrrole nitrogens is 1. The molecule has 0 unspecified atom stereocenters. The number of aromatic nitrogens is 1. The van der Waals surface area contributed by atoms with Gasteiger partial charge >= 0.3 is 0 Å². The monoisotopic (exact) mass is 173 g/mol. The molecule has 0 saturated carbocycles. The molecule has 0 bridgehead atoms. The van der Waals surface area contributed by atoms with Crippen LogP contribution >= 0.6 is 0 Å². The quantitative estimate of drug-likeness (QED) is 0.701. The summed E-state index contributed by atoms with van der Waals surface area (Å²) in [4.78, 5) is 5.25. The fourth-order valence-electron chi connectivity index (χ4n) is 1.63. The molecule has 2 aromatic rings. The van der Waals surface area contributed by atoms with E-state index in [0.29, 0.717) is 0 Å². The van der Waals surface area contributed by atoms with Crippen LogP contribution in [-0.2, 0) is 0 Å². The zero-order chi connectivity index (χ0) is 9.42. The predicted octanol–water partition coefficient (Wildman–Crippen LogP) is 2.34. The van der Waals surface area contributed by atoms with Gasteiger partial charge in [0.25, 0.3) is 0 Å². The summed E-state index contributed by atoms with van der Waals surface area (Å²) >= 11 is 0. The standard InChI is InChI=1S/C11H13N2/c1-8-7-12-9-5-4-6-10(11(8)9)13(2)3/h4-6,12H,1-3H3. The highest BCUT2D eigenvalue weighted by molar-refractivity contribution is 5.94. The van der Waals surface area contributed by atoms with Gasteiger partial charge in [-0.25, -0.2) is 0 Å². The van der Waals surface area contributed by atoms with Crippen molar-refractivity contribution in [2.75, 3.05) is 19.0 Å². The third-order valence-electron chi connectivity index (χ3n) is 2.28. The van der Waals surface area contributed by atoms with Crippen LogP contribution in [0, 0.1) is 13.1 Å². The number of nitrogens with one attached hydrogen (secondary N) is 1. The summed E-state index contributed by atoms with van der Waals surface area (Å²) < 4.78 is 0. The van der Waals surface area contributed by atoms with E-state index in [0.717, 1.165) is 5.52 Å². The smallest absolute Gasteiger partial charge is 0.0663 e. The Labute approximate surface area is 78.2 Å². The molecule has 1 aromatic heterocycles. The number of hydrogen-bond donors (Lipinski definition) is 1. The van der Waals surface area contributed by atoms with E-state index in [9.17, 15) is 0 Å². The molecule has 13 heavy (non-hydrogen) atoms. The maximum atomic E-state index is 3.13. The number of aromatic amines is 1. The summed E-state index contributed by atoms with van der Waals surface area (Å²) in [7, 11) is 4.11. The number of nitrogens with zero attached hydrogens (tertiary/aromatic N) is 1. The Morgan fingerprint density at radius 2 is 2.08 bits per heavy atom. The largest absolute Gasteiger partial charge is 0.377 e. The van der Waals surface area contributed by atoms with E-state index in [4.69, 9.17) is 0 Å². The molecule has 1 radical (unpaired) electrons. The first-order valence-corrected chi connectivity index (χ1v) is 4.36. The molecule has 0 amide bonds. The van der Waals surface area contributed by atoms with Crippen LogP contribution in [0.4, 0.5) is 5.69 Å². The zero-order valence-electron chi connectivity index (χ0n) is 8.18. The Morgan fingerprint density at radius 3 is 2.77 bits per heavy atom. The molecule has 67 valence electrons. The average Bonchev–Trinajstić information content (AvgIpc) is 2.48. The molecule has 1 N–H and O–H groups in total. The van der Waals surface area contributed by atoms with Gasteiger partial charge in [-0.05, 0) is 24.6 Å². The van der Waals surface area contributed by atoms with Crippen molar-refractivity contribution >= 4 is 16.6 Å². The highest BCUT2D eigenvalue weighted by Crippen LogP contribution is 2.27. The van der Waals surface area contributed by atoms with Gasteiger partial charge in [-0.1, -0.05) is 6.07 Å². The summed E-state index contributed by atoms with van der Waals surface area (Å²) in [5.74, 6) is 0. The van der Waals surface area contributed by atoms with E-state index in [-0.39, 0.29) is 0 Å². The summed E-state index contributed by atoms with van der Waals surface area (Å²) in [5.41, 5.74) is 3.58. The van der Waals surface area contributed by atoms with Crippen molar-refractivity contribution in [3.05, 3.63) is 30.0 Å². The molecule has 0 fully saturated rings. The molecule has 0 aliphatic carbocycles. The fraction of sp³-hybridized carbons (Fsp3) is 0.273. The van der Waals surface area contributed by atoms with Crippen molar-refractivity contribution in [2.45, 2.75) is 6.92 Å². The van der Waals surface area contributed by atoms with E-state index in [2.05, 4.69) is 55.3 Å². The third kappa shape index (κ3) is 1.18. The molecule has 0 aliphatic heterocycles. The molecule has 2 nitrogen and oxygen atoms in total. The third-order valence-corrected chi connectivity index (χ3v) is 2.28. The zero-order valence-corrected chi connectivity index (χ0v) is 8.18. The van der Waals surface area contributed by atoms with E-state index in [1.165, 1.54) is 16.6 Å². The van der Waals surface area contributed by atoms with Crippen molar-refractivity contribution in [2.24, 2.45) is 0 Å². The second-order valence-corrected chi connectivity index (χ2v) is 3.47. The highest BCUT2D eigenvalue weighted by Gasteiger charge is 2.06. The van der Waals surface area contributed by atoms with Crippen LogP contribution in [0.15, 0.2) is 18.2 Å². The Balaban J connectivity index is 2.80. The van der Waals surface area contributed by atoms with Gasteiger partial charge in [-0.3, -0.25) is 0 Å². The summed E-state index contributed by atoms with van der Waals surface area (Å²) in [6.07, 6.45) is 3.12. The highest BCUT2D eigenvalue weighted by atomic mass is 15.1. The second-order valence-electron chi connectivity index (χ2n) is 3.47. The number of aryl methyl sites for hydroxylation is 1. The SMILES string of the molecule is Cc1[c][nH]c2cccc(N(C)C)c12. The second kappa shape index (κ2) is 2.80. The molecule has 1 aromatic carbocycles. The van der Waals surface area contributed by atoms with Crippen LogP contribution in [0.25, 0.3) is 10.9 Å². The molecule has 0 aliphatic rings. The normalized spacial score (nSPS) is 10.7. The van der Waals surface area contributed by atoms with Gasteiger partial charge in [0.15, 0.2) is 0 Å². The van der Waals surface area contributed by atoms with Gasteiger partial charge in [0.05, 0.1) is 6.20 Å². The lowest BCUT2D eigenvalue weighted by molar-refractivity contribution is 1.14. The Hall–Kier alpha value is -1.44. The molecule has 0 atom stereocenters. The van der Waals surface area contributed by atoms with Gasteiger partial charge < -0.3 is 9.88 Å². The molecular formula is C11H13N2. The molecule has 2 heteroatoms. The number of rotatable bonds is 1. The van der Waals surface area contributed by atoms with Crippen molar-refractivity contribution < 1.29 is 0 Å². The molecule has 1 heterocycles.